The molecule has 0 aliphatic heterocycles. The molecule has 0 unspecified atom stereocenters. The van der Waals surface area contributed by atoms with Gasteiger partial charge in [-0.15, -0.1) is 0 Å². The first-order chi connectivity index (χ1) is 3.27. The van der Waals surface area contributed by atoms with Gasteiger partial charge in [0.15, 0.2) is 0 Å². The van der Waals surface area contributed by atoms with Crippen molar-refractivity contribution in [2.24, 2.45) is 0 Å². The van der Waals surface area contributed by atoms with E-state index in [2.05, 4.69) is 15.8 Å². The minimum absolute atomic E-state index is 0. The minimum atomic E-state index is -1.70. The summed E-state index contributed by atoms with van der Waals surface area (Å²) < 4.78 is 4.11. The summed E-state index contributed by atoms with van der Waals surface area (Å²) in [5, 5.41) is 15.9. The Morgan fingerprint density at radius 2 is 2.00 bits per heavy atom. The molecular formula is H3BNaO3S3+. The van der Waals surface area contributed by atoms with E-state index in [1.807, 2.05) is 0 Å². The number of hydrogen-bond acceptors (Lipinski definition) is 6. The van der Waals surface area contributed by atoms with Gasteiger partial charge in [0.25, 0.3) is 0 Å². The van der Waals surface area contributed by atoms with E-state index in [1.165, 1.54) is 0 Å². The SMILES string of the molecule is OB(O)OSSS.[Na+]. The van der Waals surface area contributed by atoms with Crippen molar-refractivity contribution in [2.45, 2.75) is 0 Å². The van der Waals surface area contributed by atoms with Crippen molar-refractivity contribution in [1.82, 2.24) is 0 Å². The van der Waals surface area contributed by atoms with Gasteiger partial charge in [0.05, 0.1) is 11.1 Å². The molecule has 0 fully saturated rings. The average Bonchev–Trinajstić information content (AvgIpc) is 1.61. The van der Waals surface area contributed by atoms with Crippen LogP contribution in [0, 0.1) is 0 Å². The molecule has 2 N–H and O–H groups in total. The van der Waals surface area contributed by atoms with Crippen LogP contribution in [0.1, 0.15) is 0 Å². The molecule has 8 heteroatoms. The first kappa shape index (κ1) is 12.7. The molecule has 0 heterocycles. The molecule has 3 nitrogen and oxygen atoms in total. The van der Waals surface area contributed by atoms with E-state index in [9.17, 15) is 0 Å². The van der Waals surface area contributed by atoms with Crippen LogP contribution >= 0.6 is 32.6 Å². The molecular weight excluding hydrogens is 178 g/mol. The smallest absolute Gasteiger partial charge is 0.401 e. The van der Waals surface area contributed by atoms with E-state index in [4.69, 9.17) is 10.0 Å². The normalized spacial score (nSPS) is 7.88. The topological polar surface area (TPSA) is 49.7 Å². The van der Waals surface area contributed by atoms with Crippen LogP contribution < -0.4 is 29.6 Å². The molecule has 0 spiro atoms. The van der Waals surface area contributed by atoms with Crippen molar-refractivity contribution < 1.29 is 43.7 Å². The van der Waals surface area contributed by atoms with Gasteiger partial charge in [0.1, 0.15) is 0 Å². The van der Waals surface area contributed by atoms with Crippen molar-refractivity contribution in [3.8, 4) is 0 Å². The van der Waals surface area contributed by atoms with E-state index in [1.54, 1.807) is 0 Å². The predicted octanol–water partition coefficient (Wildman–Crippen LogP) is -2.88. The largest absolute Gasteiger partial charge is 1.00 e. The Labute approximate surface area is 82.8 Å². The fourth-order valence-electron chi connectivity index (χ4n) is 0.0527. The van der Waals surface area contributed by atoms with Crippen LogP contribution in [0.5, 0.6) is 0 Å². The van der Waals surface area contributed by atoms with Crippen molar-refractivity contribution >= 4 is 39.9 Å². The van der Waals surface area contributed by atoms with Crippen LogP contribution in [0.25, 0.3) is 0 Å². The summed E-state index contributed by atoms with van der Waals surface area (Å²) in [4.78, 5) is 0. The predicted molar refractivity (Wildman–Crippen MR) is 35.4 cm³/mol. The zero-order valence-electron chi connectivity index (χ0n) is 4.14. The summed E-state index contributed by atoms with van der Waals surface area (Å²) in [6.07, 6.45) is 0. The van der Waals surface area contributed by atoms with Gasteiger partial charge >= 0.3 is 36.9 Å². The minimum Gasteiger partial charge on any atom is -0.401 e. The van der Waals surface area contributed by atoms with Crippen LogP contribution in [0.15, 0.2) is 0 Å². The summed E-state index contributed by atoms with van der Waals surface area (Å²) in [6, 6.07) is 0. The summed E-state index contributed by atoms with van der Waals surface area (Å²) in [5.41, 5.74) is 0. The van der Waals surface area contributed by atoms with Crippen molar-refractivity contribution in [3.63, 3.8) is 0 Å². The molecule has 42 valence electrons. The molecule has 0 aromatic heterocycles. The van der Waals surface area contributed by atoms with Crippen LogP contribution in [-0.4, -0.2) is 17.4 Å². The molecule has 0 bridgehead atoms. The second-order valence-electron chi connectivity index (χ2n) is 0.565. The van der Waals surface area contributed by atoms with Gasteiger partial charge < -0.3 is 14.1 Å². The fourth-order valence-corrected chi connectivity index (χ4v) is 0.791. The van der Waals surface area contributed by atoms with Crippen molar-refractivity contribution in [1.29, 1.82) is 0 Å². The van der Waals surface area contributed by atoms with Crippen molar-refractivity contribution in [2.75, 3.05) is 0 Å². The maximum atomic E-state index is 7.95. The third kappa shape index (κ3) is 10.9. The van der Waals surface area contributed by atoms with Crippen LogP contribution in [0.4, 0.5) is 0 Å². The standard InChI is InChI=1S/BH3O3S3.Na/c2-1(3)4-6-7-5;/h2-3,5H;/q;+1. The average molecular weight is 181 g/mol. The van der Waals surface area contributed by atoms with E-state index in [-0.39, 0.29) is 29.6 Å². The maximum absolute atomic E-state index is 7.95. The zero-order valence-corrected chi connectivity index (χ0v) is 8.67. The molecule has 0 rings (SSSR count). The monoisotopic (exact) mass is 181 g/mol. The van der Waals surface area contributed by atoms with Gasteiger partial charge in [0.2, 0.25) is 0 Å². The molecule has 8 heavy (non-hydrogen) atoms. The Kier molecular flexibility index (Phi) is 14.2. The Bertz CT molecular complexity index is 43.5. The first-order valence-corrected chi connectivity index (χ1v) is 4.40. The molecule has 0 aromatic rings. The first-order valence-electron chi connectivity index (χ1n) is 1.27. The second-order valence-corrected chi connectivity index (χ2v) is 3.24. The molecule has 0 saturated heterocycles. The third-order valence-electron chi connectivity index (χ3n) is 0.156. The summed E-state index contributed by atoms with van der Waals surface area (Å²) in [5.74, 6) is 0. The molecule has 0 aliphatic rings. The Balaban J connectivity index is 0. The van der Waals surface area contributed by atoms with E-state index < -0.39 is 7.32 Å². The fraction of sp³-hybridized carbons (Fsp3) is 0. The molecule has 0 amide bonds. The second kappa shape index (κ2) is 8.99. The molecule has 0 saturated carbocycles. The Morgan fingerprint density at radius 3 is 2.12 bits per heavy atom. The summed E-state index contributed by atoms with van der Waals surface area (Å²) in [7, 11) is -0.705. The summed E-state index contributed by atoms with van der Waals surface area (Å²) >= 11 is 4.42. The van der Waals surface area contributed by atoms with Crippen LogP contribution in [-0.2, 0) is 4.10 Å². The van der Waals surface area contributed by atoms with Crippen LogP contribution in [0.3, 0.4) is 0 Å². The van der Waals surface area contributed by atoms with Gasteiger partial charge in [-0.1, -0.05) is 11.7 Å². The van der Waals surface area contributed by atoms with Crippen molar-refractivity contribution in [3.05, 3.63) is 0 Å². The number of hydrogen-bond donors (Lipinski definition) is 3. The van der Waals surface area contributed by atoms with Gasteiger partial charge in [-0.3, -0.25) is 0 Å². The number of rotatable bonds is 3. The number of thiol groups is 1. The summed E-state index contributed by atoms with van der Waals surface area (Å²) in [6.45, 7) is 0. The molecule has 0 radical (unpaired) electrons. The quantitative estimate of drug-likeness (QED) is 0.189. The zero-order chi connectivity index (χ0) is 5.70. The van der Waals surface area contributed by atoms with E-state index in [0.717, 1.165) is 20.9 Å². The maximum Gasteiger partial charge on any atom is 1.00 e. The third-order valence-corrected chi connectivity index (χ3v) is 1.43. The van der Waals surface area contributed by atoms with Gasteiger partial charge in [-0.05, 0) is 0 Å². The Hall–Kier alpha value is 1.99. The molecule has 0 aliphatic carbocycles. The van der Waals surface area contributed by atoms with Gasteiger partial charge in [-0.25, -0.2) is 0 Å². The van der Waals surface area contributed by atoms with Crippen LogP contribution in [0.2, 0.25) is 0 Å². The van der Waals surface area contributed by atoms with E-state index >= 15 is 0 Å². The molecule has 0 aromatic carbocycles. The Morgan fingerprint density at radius 1 is 1.50 bits per heavy atom. The van der Waals surface area contributed by atoms with Gasteiger partial charge in [-0.2, -0.15) is 0 Å². The van der Waals surface area contributed by atoms with E-state index in [0.29, 0.717) is 0 Å². The van der Waals surface area contributed by atoms with Gasteiger partial charge in [0, 0.05) is 9.83 Å². The molecule has 0 atom stereocenters.